The third-order valence-corrected chi connectivity index (χ3v) is 4.91. The molecule has 0 aliphatic heterocycles. The summed E-state index contributed by atoms with van der Waals surface area (Å²) in [7, 11) is 0. The zero-order valence-electron chi connectivity index (χ0n) is 12.5. The highest BCUT2D eigenvalue weighted by Gasteiger charge is 2.36. The van der Waals surface area contributed by atoms with E-state index in [9.17, 15) is 0 Å². The Hall–Kier alpha value is -1.96. The number of anilines is 1. The van der Waals surface area contributed by atoms with E-state index in [1.807, 2.05) is 24.3 Å². The molecule has 0 spiro atoms. The predicted octanol–water partition coefficient (Wildman–Crippen LogP) is 4.20. The van der Waals surface area contributed by atoms with E-state index in [2.05, 4.69) is 24.3 Å². The van der Waals surface area contributed by atoms with Crippen molar-refractivity contribution in [3.63, 3.8) is 0 Å². The lowest BCUT2D eigenvalue weighted by Crippen LogP contribution is -2.31. The van der Waals surface area contributed by atoms with Crippen molar-refractivity contribution in [1.29, 1.82) is 0 Å². The van der Waals surface area contributed by atoms with Gasteiger partial charge in [-0.05, 0) is 49.1 Å². The molecule has 0 heterocycles. The molecule has 0 radical (unpaired) electrons. The lowest BCUT2D eigenvalue weighted by atomic mass is 9.64. The molecule has 0 atom stereocenters. The Balaban J connectivity index is 2.05. The number of hydrogen-bond acceptors (Lipinski definition) is 2. The molecule has 0 unspecified atom stereocenters. The van der Waals surface area contributed by atoms with Gasteiger partial charge in [0.2, 0.25) is 0 Å². The normalized spacial score (nSPS) is 21.3. The fourth-order valence-corrected chi connectivity index (χ4v) is 3.75. The van der Waals surface area contributed by atoms with Gasteiger partial charge in [0.05, 0.1) is 0 Å². The van der Waals surface area contributed by atoms with Crippen LogP contribution in [-0.4, -0.2) is 0 Å². The van der Waals surface area contributed by atoms with Gasteiger partial charge in [-0.25, -0.2) is 0 Å². The maximum atomic E-state index is 5.94. The predicted molar refractivity (Wildman–Crippen MR) is 89.7 cm³/mol. The first-order valence-corrected chi connectivity index (χ1v) is 7.90. The number of nitrogen functional groups attached to an aromatic ring is 1. The zero-order valence-corrected chi connectivity index (χ0v) is 12.5. The van der Waals surface area contributed by atoms with Gasteiger partial charge in [0.1, 0.15) is 0 Å². The number of hydrogen-bond donors (Lipinski definition) is 2. The molecule has 1 saturated carbocycles. The molecular formula is C19H24N2. The molecule has 1 aromatic rings. The lowest BCUT2D eigenvalue weighted by molar-refractivity contribution is 0.336. The zero-order chi connectivity index (χ0) is 14.7. The van der Waals surface area contributed by atoms with Gasteiger partial charge in [-0.1, -0.05) is 49.1 Å². The summed E-state index contributed by atoms with van der Waals surface area (Å²) in [6, 6.07) is 8.48. The van der Waals surface area contributed by atoms with Crippen LogP contribution < -0.4 is 11.5 Å². The molecule has 0 bridgehead atoms. The minimum Gasteiger partial charge on any atom is -0.399 e. The van der Waals surface area contributed by atoms with Crippen molar-refractivity contribution >= 4 is 5.69 Å². The average molecular weight is 280 g/mol. The Morgan fingerprint density at radius 3 is 2.29 bits per heavy atom. The molecule has 0 aromatic heterocycles. The Bertz CT molecular complexity index is 584. The van der Waals surface area contributed by atoms with Gasteiger partial charge in [-0.2, -0.15) is 0 Å². The molecule has 1 aromatic carbocycles. The van der Waals surface area contributed by atoms with Crippen LogP contribution in [0.4, 0.5) is 5.69 Å². The van der Waals surface area contributed by atoms with E-state index >= 15 is 0 Å². The van der Waals surface area contributed by atoms with Crippen LogP contribution in [0.15, 0.2) is 59.8 Å². The van der Waals surface area contributed by atoms with Crippen LogP contribution in [0.2, 0.25) is 0 Å². The van der Waals surface area contributed by atoms with Crippen LogP contribution in [0.25, 0.3) is 0 Å². The molecule has 2 heteroatoms. The first kappa shape index (κ1) is 14.0. The summed E-state index contributed by atoms with van der Waals surface area (Å²) < 4.78 is 0. The molecule has 0 saturated heterocycles. The maximum Gasteiger partial charge on any atom is 0.0314 e. The monoisotopic (exact) mass is 280 g/mol. The summed E-state index contributed by atoms with van der Waals surface area (Å²) in [5.74, 6) is 0. The van der Waals surface area contributed by atoms with E-state index in [-0.39, 0.29) is 5.41 Å². The number of benzene rings is 1. The van der Waals surface area contributed by atoms with Crippen molar-refractivity contribution in [2.45, 2.75) is 43.9 Å². The third-order valence-electron chi connectivity index (χ3n) is 4.91. The first-order chi connectivity index (χ1) is 10.2. The molecular weight excluding hydrogens is 256 g/mol. The highest BCUT2D eigenvalue weighted by molar-refractivity contribution is 5.47. The van der Waals surface area contributed by atoms with Crippen LogP contribution in [0.5, 0.6) is 0 Å². The van der Waals surface area contributed by atoms with E-state index in [1.165, 1.54) is 43.2 Å². The maximum absolute atomic E-state index is 5.94. The van der Waals surface area contributed by atoms with Crippen molar-refractivity contribution in [2.75, 3.05) is 5.73 Å². The van der Waals surface area contributed by atoms with Crippen molar-refractivity contribution in [1.82, 2.24) is 0 Å². The van der Waals surface area contributed by atoms with Crippen molar-refractivity contribution in [3.05, 3.63) is 65.4 Å². The summed E-state index contributed by atoms with van der Waals surface area (Å²) in [4.78, 5) is 0. The minimum atomic E-state index is 0.164. The smallest absolute Gasteiger partial charge is 0.0314 e. The Morgan fingerprint density at radius 2 is 1.57 bits per heavy atom. The van der Waals surface area contributed by atoms with Crippen molar-refractivity contribution in [2.24, 2.45) is 5.73 Å². The highest BCUT2D eigenvalue weighted by atomic mass is 14.6. The molecule has 2 aliphatic carbocycles. The van der Waals surface area contributed by atoms with Gasteiger partial charge >= 0.3 is 0 Å². The Morgan fingerprint density at radius 1 is 0.857 bits per heavy atom. The van der Waals surface area contributed by atoms with Gasteiger partial charge in [-0.3, -0.25) is 0 Å². The first-order valence-electron chi connectivity index (χ1n) is 7.90. The summed E-state index contributed by atoms with van der Waals surface area (Å²) in [6.07, 6.45) is 15.9. The van der Waals surface area contributed by atoms with E-state index in [4.69, 9.17) is 11.5 Å². The summed E-state index contributed by atoms with van der Waals surface area (Å²) in [6.45, 7) is 0. The van der Waals surface area contributed by atoms with E-state index in [1.54, 1.807) is 0 Å². The Kier molecular flexibility index (Phi) is 3.87. The van der Waals surface area contributed by atoms with Crippen molar-refractivity contribution < 1.29 is 0 Å². The van der Waals surface area contributed by atoms with Crippen LogP contribution in [0.1, 0.15) is 44.1 Å². The van der Waals surface area contributed by atoms with E-state index < -0.39 is 0 Å². The summed E-state index contributed by atoms with van der Waals surface area (Å²) in [5.41, 5.74) is 16.5. The largest absolute Gasteiger partial charge is 0.399 e. The van der Waals surface area contributed by atoms with Gasteiger partial charge in [-0.15, -0.1) is 0 Å². The standard InChI is InChI=1S/C19H24N2/c20-17-6-4-5-15(7-10-17)19(13-2-1-3-14-19)16-8-11-18(21)12-9-16/h4,6-12H,1-3,5,13-14,20-21H2. The van der Waals surface area contributed by atoms with E-state index in [0.29, 0.717) is 0 Å². The van der Waals surface area contributed by atoms with Crippen molar-refractivity contribution in [3.8, 4) is 0 Å². The second-order valence-corrected chi connectivity index (χ2v) is 6.23. The average Bonchev–Trinajstić information content (AvgIpc) is 2.74. The molecule has 3 rings (SSSR count). The molecule has 2 nitrogen and oxygen atoms in total. The lowest BCUT2D eigenvalue weighted by Gasteiger charge is -2.40. The van der Waals surface area contributed by atoms with Crippen LogP contribution in [-0.2, 0) is 5.41 Å². The summed E-state index contributed by atoms with van der Waals surface area (Å²) in [5, 5.41) is 0. The quantitative estimate of drug-likeness (QED) is 0.798. The second-order valence-electron chi connectivity index (χ2n) is 6.23. The molecule has 0 amide bonds. The second kappa shape index (κ2) is 5.80. The molecule has 21 heavy (non-hydrogen) atoms. The number of nitrogens with two attached hydrogens (primary N) is 2. The molecule has 2 aliphatic rings. The molecule has 110 valence electrons. The fraction of sp³-hybridized carbons (Fsp3) is 0.368. The topological polar surface area (TPSA) is 52.0 Å². The molecule has 1 fully saturated rings. The number of allylic oxidation sites excluding steroid dienone is 5. The molecule has 4 N–H and O–H groups in total. The summed E-state index contributed by atoms with van der Waals surface area (Å²) >= 11 is 0. The minimum absolute atomic E-state index is 0.164. The Labute approximate surface area is 127 Å². The fourth-order valence-electron chi connectivity index (χ4n) is 3.75. The van der Waals surface area contributed by atoms with Gasteiger partial charge in [0.15, 0.2) is 0 Å². The SMILES string of the molecule is NC1=CC=C(C2(c3ccc(N)cc3)CCCCC2)CC=C1. The van der Waals surface area contributed by atoms with Gasteiger partial charge in [0, 0.05) is 16.8 Å². The van der Waals surface area contributed by atoms with Crippen LogP contribution in [0, 0.1) is 0 Å². The number of rotatable bonds is 2. The van der Waals surface area contributed by atoms with Crippen LogP contribution >= 0.6 is 0 Å². The highest BCUT2D eigenvalue weighted by Crippen LogP contribution is 2.46. The van der Waals surface area contributed by atoms with Gasteiger partial charge < -0.3 is 11.5 Å². The third kappa shape index (κ3) is 2.76. The van der Waals surface area contributed by atoms with Crippen LogP contribution in [0.3, 0.4) is 0 Å². The van der Waals surface area contributed by atoms with E-state index in [0.717, 1.165) is 17.8 Å². The van der Waals surface area contributed by atoms with Gasteiger partial charge in [0.25, 0.3) is 0 Å².